The van der Waals surface area contributed by atoms with Crippen LogP contribution in [0.25, 0.3) is 0 Å². The van der Waals surface area contributed by atoms with Crippen molar-refractivity contribution in [1.29, 1.82) is 0 Å². The normalized spacial score (nSPS) is 17.4. The molecule has 0 aliphatic carbocycles. The number of thioether (sulfide) groups is 1. The van der Waals surface area contributed by atoms with Crippen LogP contribution in [0.15, 0.2) is 0 Å². The van der Waals surface area contributed by atoms with Gasteiger partial charge in [-0.25, -0.2) is 0 Å². The van der Waals surface area contributed by atoms with E-state index >= 15 is 0 Å². The van der Waals surface area contributed by atoms with Gasteiger partial charge in [-0.15, -0.1) is 0 Å². The third-order valence-electron chi connectivity index (χ3n) is 4.99. The second kappa shape index (κ2) is 14.0. The van der Waals surface area contributed by atoms with E-state index in [-0.39, 0.29) is 0 Å². The van der Waals surface area contributed by atoms with E-state index in [4.69, 9.17) is 0 Å². The summed E-state index contributed by atoms with van der Waals surface area (Å²) in [6.45, 7) is 13.6. The smallest absolute Gasteiger partial charge is 0.00159 e. The monoisotopic (exact) mass is 313 g/mol. The Morgan fingerprint density at radius 3 is 1.43 bits per heavy atom. The fraction of sp³-hybridized carbons (Fsp3) is 0.950. The summed E-state index contributed by atoms with van der Waals surface area (Å²) in [6.07, 6.45) is 16.1. The summed E-state index contributed by atoms with van der Waals surface area (Å²) >= 11 is 2.01. The van der Waals surface area contributed by atoms with Crippen LogP contribution < -0.4 is 0 Å². The molecule has 0 bridgehead atoms. The van der Waals surface area contributed by atoms with Crippen LogP contribution in [0.5, 0.6) is 0 Å². The Morgan fingerprint density at radius 2 is 1.05 bits per heavy atom. The van der Waals surface area contributed by atoms with E-state index in [1.54, 1.807) is 0 Å². The van der Waals surface area contributed by atoms with E-state index in [9.17, 15) is 0 Å². The SMILES string of the molecule is [CH2]CC(C)CCCC(C)CCCC(C)CCCC(C)SC. The molecule has 0 aromatic rings. The van der Waals surface area contributed by atoms with Crippen molar-refractivity contribution in [3.05, 3.63) is 6.92 Å². The Morgan fingerprint density at radius 1 is 0.667 bits per heavy atom. The van der Waals surface area contributed by atoms with Gasteiger partial charge in [-0.2, -0.15) is 11.8 Å². The highest BCUT2D eigenvalue weighted by Gasteiger charge is 2.07. The van der Waals surface area contributed by atoms with Gasteiger partial charge < -0.3 is 0 Å². The predicted octanol–water partition coefficient (Wildman–Crippen LogP) is 7.38. The van der Waals surface area contributed by atoms with Gasteiger partial charge in [0.15, 0.2) is 0 Å². The summed E-state index contributed by atoms with van der Waals surface area (Å²) in [5.74, 6) is 2.67. The van der Waals surface area contributed by atoms with E-state index in [1.807, 2.05) is 11.8 Å². The molecule has 1 radical (unpaired) electrons. The van der Waals surface area contributed by atoms with Crippen molar-refractivity contribution in [3.63, 3.8) is 0 Å². The molecular formula is C20H41S. The molecule has 0 nitrogen and oxygen atoms in total. The first-order valence-corrected chi connectivity index (χ1v) is 10.6. The van der Waals surface area contributed by atoms with E-state index in [0.717, 1.165) is 29.4 Å². The lowest BCUT2D eigenvalue weighted by Gasteiger charge is -2.16. The first kappa shape index (κ1) is 21.4. The molecule has 21 heavy (non-hydrogen) atoms. The first-order valence-electron chi connectivity index (χ1n) is 9.31. The molecule has 127 valence electrons. The molecule has 0 saturated heterocycles. The van der Waals surface area contributed by atoms with Crippen molar-refractivity contribution in [1.82, 2.24) is 0 Å². The Hall–Kier alpha value is 0.350. The summed E-state index contributed by atoms with van der Waals surface area (Å²) in [5, 5.41) is 0.845. The highest BCUT2D eigenvalue weighted by atomic mass is 32.2. The van der Waals surface area contributed by atoms with Gasteiger partial charge in [0, 0.05) is 5.25 Å². The zero-order chi connectivity index (χ0) is 16.1. The Labute approximate surface area is 140 Å². The quantitative estimate of drug-likeness (QED) is 0.322. The van der Waals surface area contributed by atoms with Crippen LogP contribution in [0.1, 0.15) is 91.9 Å². The van der Waals surface area contributed by atoms with Gasteiger partial charge in [-0.05, 0) is 30.4 Å². The standard InChI is InChI=1S/C20H41S/c1-7-17(2)11-8-12-18(3)13-9-14-19(4)15-10-16-20(5)21-6/h17-20H,1,7-16H2,2-6H3. The Balaban J connectivity index is 3.46. The number of hydrogen-bond acceptors (Lipinski definition) is 1. The lowest BCUT2D eigenvalue weighted by molar-refractivity contribution is 0.383. The van der Waals surface area contributed by atoms with E-state index < -0.39 is 0 Å². The van der Waals surface area contributed by atoms with Gasteiger partial charge in [0.05, 0.1) is 0 Å². The maximum atomic E-state index is 3.99. The minimum absolute atomic E-state index is 0.820. The molecule has 0 aliphatic rings. The number of hydrogen-bond donors (Lipinski definition) is 0. The number of rotatable bonds is 14. The van der Waals surface area contributed by atoms with Crippen molar-refractivity contribution >= 4 is 11.8 Å². The molecule has 1 heteroatoms. The van der Waals surface area contributed by atoms with Gasteiger partial charge in [-0.1, -0.05) is 92.4 Å². The van der Waals surface area contributed by atoms with Crippen molar-refractivity contribution in [2.75, 3.05) is 6.26 Å². The lowest BCUT2D eigenvalue weighted by Crippen LogP contribution is -2.02. The van der Waals surface area contributed by atoms with Crippen LogP contribution in [0, 0.1) is 24.7 Å². The summed E-state index contributed by atoms with van der Waals surface area (Å²) in [6, 6.07) is 0. The molecule has 0 aromatic carbocycles. The van der Waals surface area contributed by atoms with E-state index in [0.29, 0.717) is 0 Å². The fourth-order valence-corrected chi connectivity index (χ4v) is 3.34. The molecule has 0 amide bonds. The molecular weight excluding hydrogens is 272 g/mol. The average molecular weight is 314 g/mol. The van der Waals surface area contributed by atoms with Crippen LogP contribution >= 0.6 is 11.8 Å². The zero-order valence-corrected chi connectivity index (χ0v) is 16.3. The maximum absolute atomic E-state index is 3.99. The Bertz CT molecular complexity index is 192. The highest BCUT2D eigenvalue weighted by molar-refractivity contribution is 7.99. The summed E-state index contributed by atoms with van der Waals surface area (Å²) in [4.78, 5) is 0. The van der Waals surface area contributed by atoms with E-state index in [2.05, 4.69) is 40.9 Å². The molecule has 0 N–H and O–H groups in total. The van der Waals surface area contributed by atoms with Crippen molar-refractivity contribution in [3.8, 4) is 0 Å². The van der Waals surface area contributed by atoms with Gasteiger partial charge in [0.1, 0.15) is 0 Å². The summed E-state index contributed by atoms with van der Waals surface area (Å²) in [7, 11) is 0. The third-order valence-corrected chi connectivity index (χ3v) is 6.03. The van der Waals surface area contributed by atoms with Crippen molar-refractivity contribution in [2.45, 2.75) is 97.2 Å². The minimum Gasteiger partial charge on any atom is -0.162 e. The van der Waals surface area contributed by atoms with E-state index in [1.165, 1.54) is 57.8 Å². The second-order valence-corrected chi connectivity index (χ2v) is 8.72. The van der Waals surface area contributed by atoms with Crippen LogP contribution in [-0.4, -0.2) is 11.5 Å². The molecule has 0 heterocycles. The predicted molar refractivity (Wildman–Crippen MR) is 102 cm³/mol. The van der Waals surface area contributed by atoms with Gasteiger partial charge >= 0.3 is 0 Å². The van der Waals surface area contributed by atoms with Crippen LogP contribution in [0.3, 0.4) is 0 Å². The van der Waals surface area contributed by atoms with Crippen molar-refractivity contribution in [2.24, 2.45) is 17.8 Å². The molecule has 0 aromatic heterocycles. The molecule has 4 atom stereocenters. The maximum Gasteiger partial charge on any atom is 0.00159 e. The summed E-state index contributed by atoms with van der Waals surface area (Å²) in [5.41, 5.74) is 0. The van der Waals surface area contributed by atoms with Crippen LogP contribution in [0.4, 0.5) is 0 Å². The molecule has 0 spiro atoms. The van der Waals surface area contributed by atoms with Crippen LogP contribution in [0.2, 0.25) is 0 Å². The van der Waals surface area contributed by atoms with Gasteiger partial charge in [0.25, 0.3) is 0 Å². The third kappa shape index (κ3) is 13.7. The largest absolute Gasteiger partial charge is 0.162 e. The molecule has 0 rings (SSSR count). The fourth-order valence-electron chi connectivity index (χ4n) is 2.93. The summed E-state index contributed by atoms with van der Waals surface area (Å²) < 4.78 is 0. The van der Waals surface area contributed by atoms with Gasteiger partial charge in [-0.3, -0.25) is 0 Å². The zero-order valence-electron chi connectivity index (χ0n) is 15.5. The Kier molecular flexibility index (Phi) is 14.2. The highest BCUT2D eigenvalue weighted by Crippen LogP contribution is 2.23. The minimum atomic E-state index is 0.820. The second-order valence-electron chi connectivity index (χ2n) is 7.44. The average Bonchev–Trinajstić information content (AvgIpc) is 2.46. The van der Waals surface area contributed by atoms with Gasteiger partial charge in [0.2, 0.25) is 0 Å². The molecule has 0 fully saturated rings. The first-order chi connectivity index (χ1) is 9.99. The topological polar surface area (TPSA) is 0 Å². The lowest BCUT2D eigenvalue weighted by atomic mass is 9.91. The molecule has 4 unspecified atom stereocenters. The molecule has 0 aliphatic heterocycles. The van der Waals surface area contributed by atoms with Crippen LogP contribution in [-0.2, 0) is 0 Å². The van der Waals surface area contributed by atoms with Crippen molar-refractivity contribution < 1.29 is 0 Å². The molecule has 0 saturated carbocycles.